The van der Waals surface area contributed by atoms with Gasteiger partial charge in [-0.25, -0.2) is 4.39 Å². The molecule has 0 aliphatic rings. The van der Waals surface area contributed by atoms with E-state index in [9.17, 15) is 9.18 Å². The lowest BCUT2D eigenvalue weighted by atomic mass is 10.0. The van der Waals surface area contributed by atoms with Crippen LogP contribution in [0.25, 0.3) is 0 Å². The molecule has 2 rings (SSSR count). The van der Waals surface area contributed by atoms with E-state index in [1.165, 1.54) is 12.1 Å². The van der Waals surface area contributed by atoms with Crippen molar-refractivity contribution in [3.05, 3.63) is 63.9 Å². The minimum Gasteiger partial charge on any atom is -0.497 e. The minimum atomic E-state index is -0.427. The van der Waals surface area contributed by atoms with Crippen LogP contribution < -0.4 is 4.74 Å². The summed E-state index contributed by atoms with van der Waals surface area (Å²) in [7, 11) is 1.57. The smallest absolute Gasteiger partial charge is 0.167 e. The van der Waals surface area contributed by atoms with Gasteiger partial charge in [0, 0.05) is 16.5 Å². The zero-order valence-electron chi connectivity index (χ0n) is 10.3. The molecule has 0 N–H and O–H groups in total. The summed E-state index contributed by atoms with van der Waals surface area (Å²) in [6.07, 6.45) is 0.215. The van der Waals surface area contributed by atoms with Gasteiger partial charge in [-0.2, -0.15) is 0 Å². The number of rotatable bonds is 4. The molecule has 19 heavy (non-hydrogen) atoms. The van der Waals surface area contributed by atoms with Gasteiger partial charge in [0.2, 0.25) is 0 Å². The molecule has 0 aliphatic heterocycles. The Morgan fingerprint density at radius 2 is 2.05 bits per heavy atom. The van der Waals surface area contributed by atoms with Gasteiger partial charge in [-0.05, 0) is 35.9 Å². The molecule has 0 spiro atoms. The lowest BCUT2D eigenvalue weighted by molar-refractivity contribution is 0.0992. The van der Waals surface area contributed by atoms with Gasteiger partial charge < -0.3 is 4.74 Å². The molecule has 0 amide bonds. The van der Waals surface area contributed by atoms with Crippen molar-refractivity contribution in [2.45, 2.75) is 6.42 Å². The summed E-state index contributed by atoms with van der Waals surface area (Å²) in [5.41, 5.74) is 1.19. The summed E-state index contributed by atoms with van der Waals surface area (Å²) in [6, 6.07) is 11.5. The third kappa shape index (κ3) is 3.64. The quantitative estimate of drug-likeness (QED) is 0.795. The van der Waals surface area contributed by atoms with Crippen LogP contribution in [0, 0.1) is 5.82 Å². The lowest BCUT2D eigenvalue weighted by Crippen LogP contribution is -2.04. The highest BCUT2D eigenvalue weighted by Gasteiger charge is 2.10. The van der Waals surface area contributed by atoms with Crippen molar-refractivity contribution in [3.8, 4) is 5.75 Å². The highest BCUT2D eigenvalue weighted by Crippen LogP contribution is 2.18. The van der Waals surface area contributed by atoms with E-state index in [1.54, 1.807) is 19.2 Å². The van der Waals surface area contributed by atoms with Crippen LogP contribution in [0.15, 0.2) is 46.9 Å². The number of benzene rings is 2. The second-order valence-electron chi connectivity index (χ2n) is 4.11. The molecule has 0 atom stereocenters. The molecular weight excluding hydrogens is 311 g/mol. The molecule has 0 saturated carbocycles. The SMILES string of the molecule is COc1cccc(CC(=O)c2cc(F)cc(Br)c2)c1. The second-order valence-corrected chi connectivity index (χ2v) is 5.03. The molecule has 0 radical (unpaired) electrons. The minimum absolute atomic E-state index is 0.131. The number of hydrogen-bond acceptors (Lipinski definition) is 2. The number of ketones is 1. The first-order valence-electron chi connectivity index (χ1n) is 5.70. The number of carbonyl (C=O) groups is 1. The Balaban J connectivity index is 2.20. The normalized spacial score (nSPS) is 10.3. The Bertz CT molecular complexity index is 591. The van der Waals surface area contributed by atoms with Gasteiger partial charge in [0.1, 0.15) is 11.6 Å². The van der Waals surface area contributed by atoms with Gasteiger partial charge in [0.25, 0.3) is 0 Å². The third-order valence-electron chi connectivity index (χ3n) is 2.68. The maximum absolute atomic E-state index is 13.2. The summed E-state index contributed by atoms with van der Waals surface area (Å²) in [5, 5.41) is 0. The summed E-state index contributed by atoms with van der Waals surface area (Å²) < 4.78 is 18.9. The van der Waals surface area contributed by atoms with E-state index in [-0.39, 0.29) is 12.2 Å². The Labute approximate surface area is 119 Å². The van der Waals surface area contributed by atoms with Crippen molar-refractivity contribution in [2.75, 3.05) is 7.11 Å². The van der Waals surface area contributed by atoms with Crippen LogP contribution >= 0.6 is 15.9 Å². The fourth-order valence-corrected chi connectivity index (χ4v) is 2.25. The van der Waals surface area contributed by atoms with Crippen molar-refractivity contribution in [3.63, 3.8) is 0 Å². The van der Waals surface area contributed by atoms with Crippen LogP contribution in [0.2, 0.25) is 0 Å². The van der Waals surface area contributed by atoms with Gasteiger partial charge in [-0.3, -0.25) is 4.79 Å². The van der Waals surface area contributed by atoms with E-state index in [4.69, 9.17) is 4.74 Å². The van der Waals surface area contributed by atoms with Crippen LogP contribution in [0.5, 0.6) is 5.75 Å². The standard InChI is InChI=1S/C15H12BrFO2/c1-19-14-4-2-3-10(5-14)6-15(18)11-7-12(16)9-13(17)8-11/h2-5,7-9H,6H2,1H3. The Kier molecular flexibility index (Phi) is 4.32. The molecule has 0 bridgehead atoms. The van der Waals surface area contributed by atoms with E-state index in [0.29, 0.717) is 15.8 Å². The third-order valence-corrected chi connectivity index (χ3v) is 3.14. The summed E-state index contributed by atoms with van der Waals surface area (Å²) >= 11 is 3.18. The number of carbonyl (C=O) groups excluding carboxylic acids is 1. The topological polar surface area (TPSA) is 26.3 Å². The Hall–Kier alpha value is -1.68. The molecule has 4 heteroatoms. The van der Waals surface area contributed by atoms with Crippen LogP contribution in [0.4, 0.5) is 4.39 Å². The highest BCUT2D eigenvalue weighted by molar-refractivity contribution is 9.10. The van der Waals surface area contributed by atoms with E-state index in [0.717, 1.165) is 5.56 Å². The molecule has 2 nitrogen and oxygen atoms in total. The summed E-state index contributed by atoms with van der Waals surface area (Å²) in [4.78, 5) is 12.1. The first-order chi connectivity index (χ1) is 9.08. The number of hydrogen-bond donors (Lipinski definition) is 0. The van der Waals surface area contributed by atoms with E-state index in [1.807, 2.05) is 18.2 Å². The Morgan fingerprint density at radius 1 is 1.26 bits per heavy atom. The first kappa shape index (κ1) is 13.7. The van der Waals surface area contributed by atoms with Crippen LogP contribution in [0.1, 0.15) is 15.9 Å². The molecular formula is C15H12BrFO2. The molecule has 0 unspecified atom stereocenters. The van der Waals surface area contributed by atoms with E-state index in [2.05, 4.69) is 15.9 Å². The average molecular weight is 323 g/mol. The molecule has 0 aromatic heterocycles. The monoisotopic (exact) mass is 322 g/mol. The van der Waals surface area contributed by atoms with Crippen molar-refractivity contribution in [2.24, 2.45) is 0 Å². The van der Waals surface area contributed by atoms with E-state index < -0.39 is 5.82 Å². The molecule has 0 heterocycles. The van der Waals surface area contributed by atoms with Crippen molar-refractivity contribution in [1.82, 2.24) is 0 Å². The molecule has 0 aliphatic carbocycles. The van der Waals surface area contributed by atoms with Gasteiger partial charge in [0.15, 0.2) is 5.78 Å². The molecule has 98 valence electrons. The van der Waals surface area contributed by atoms with Crippen molar-refractivity contribution >= 4 is 21.7 Å². The Morgan fingerprint density at radius 3 is 2.74 bits per heavy atom. The zero-order valence-corrected chi connectivity index (χ0v) is 11.9. The maximum atomic E-state index is 13.2. The second kappa shape index (κ2) is 5.97. The summed E-state index contributed by atoms with van der Waals surface area (Å²) in [6.45, 7) is 0. The van der Waals surface area contributed by atoms with E-state index >= 15 is 0 Å². The molecule has 2 aromatic carbocycles. The first-order valence-corrected chi connectivity index (χ1v) is 6.50. The number of methoxy groups -OCH3 is 1. The van der Waals surface area contributed by atoms with Crippen LogP contribution in [0.3, 0.4) is 0 Å². The largest absolute Gasteiger partial charge is 0.497 e. The zero-order chi connectivity index (χ0) is 13.8. The molecule has 0 saturated heterocycles. The van der Waals surface area contributed by atoms with Gasteiger partial charge in [-0.15, -0.1) is 0 Å². The number of ether oxygens (including phenoxy) is 1. The number of Topliss-reactive ketones (excluding diaryl/α,β-unsaturated/α-hetero) is 1. The number of halogens is 2. The van der Waals surface area contributed by atoms with Crippen LogP contribution in [-0.4, -0.2) is 12.9 Å². The van der Waals surface area contributed by atoms with Gasteiger partial charge in [0.05, 0.1) is 7.11 Å². The summed E-state index contributed by atoms with van der Waals surface area (Å²) in [5.74, 6) is 0.141. The predicted octanol–water partition coefficient (Wildman–Crippen LogP) is 4.02. The predicted molar refractivity (Wildman–Crippen MR) is 75.1 cm³/mol. The fourth-order valence-electron chi connectivity index (χ4n) is 1.78. The van der Waals surface area contributed by atoms with Crippen molar-refractivity contribution in [1.29, 1.82) is 0 Å². The lowest BCUT2D eigenvalue weighted by Gasteiger charge is -2.05. The molecule has 0 fully saturated rings. The van der Waals surface area contributed by atoms with Gasteiger partial charge >= 0.3 is 0 Å². The molecule has 2 aromatic rings. The van der Waals surface area contributed by atoms with Crippen molar-refractivity contribution < 1.29 is 13.9 Å². The van der Waals surface area contributed by atoms with Gasteiger partial charge in [-0.1, -0.05) is 28.1 Å². The van der Waals surface area contributed by atoms with Crippen LogP contribution in [-0.2, 0) is 6.42 Å². The highest BCUT2D eigenvalue weighted by atomic mass is 79.9. The fraction of sp³-hybridized carbons (Fsp3) is 0.133. The average Bonchev–Trinajstić information content (AvgIpc) is 2.37. The maximum Gasteiger partial charge on any atom is 0.167 e.